The Balaban J connectivity index is 1.60. The van der Waals surface area contributed by atoms with Crippen molar-refractivity contribution in [3.8, 4) is 6.07 Å². The fraction of sp³-hybridized carbons (Fsp3) is 0.333. The van der Waals surface area contributed by atoms with Crippen LogP contribution in [0.15, 0.2) is 48.5 Å². The van der Waals surface area contributed by atoms with Crippen molar-refractivity contribution in [2.45, 2.75) is 19.6 Å². The van der Waals surface area contributed by atoms with Gasteiger partial charge in [0.1, 0.15) is 6.07 Å². The zero-order valence-corrected chi connectivity index (χ0v) is 14.9. The van der Waals surface area contributed by atoms with E-state index in [0.29, 0.717) is 30.0 Å². The fourth-order valence-corrected chi connectivity index (χ4v) is 3.12. The topological polar surface area (TPSA) is 65.4 Å². The number of morpholine rings is 1. The highest BCUT2D eigenvalue weighted by Crippen LogP contribution is 2.18. The predicted octanol–water partition coefficient (Wildman–Crippen LogP) is 3.07. The number of carbonyl (C=O) groups excluding carboxylic acids is 1. The molecular formula is C21H23N3O2. The molecule has 26 heavy (non-hydrogen) atoms. The molecule has 1 fully saturated rings. The minimum absolute atomic E-state index is 0.0134. The average molecular weight is 349 g/mol. The molecule has 3 rings (SSSR count). The summed E-state index contributed by atoms with van der Waals surface area (Å²) in [5.41, 5.74) is 3.11. The molecule has 0 saturated carbocycles. The van der Waals surface area contributed by atoms with E-state index in [4.69, 9.17) is 4.74 Å². The number of rotatable bonds is 6. The van der Waals surface area contributed by atoms with Crippen molar-refractivity contribution in [1.82, 2.24) is 4.90 Å². The first-order valence-electron chi connectivity index (χ1n) is 8.82. The number of Topliss-reactive ketones (excluding diaryl/α,β-unsaturated/α-hetero) is 1. The molecule has 0 spiro atoms. The second-order valence-electron chi connectivity index (χ2n) is 6.52. The Morgan fingerprint density at radius 3 is 2.85 bits per heavy atom. The van der Waals surface area contributed by atoms with Gasteiger partial charge in [0.15, 0.2) is 5.78 Å². The van der Waals surface area contributed by atoms with Gasteiger partial charge in [-0.05, 0) is 30.7 Å². The molecule has 0 amide bonds. The largest absolute Gasteiger partial charge is 0.381 e. The maximum Gasteiger partial charge on any atom is 0.159 e. The van der Waals surface area contributed by atoms with Crippen molar-refractivity contribution in [1.29, 1.82) is 5.26 Å². The molecule has 1 unspecified atom stereocenters. The number of ether oxygens (including phenoxy) is 1. The van der Waals surface area contributed by atoms with Gasteiger partial charge in [-0.15, -0.1) is 0 Å². The summed E-state index contributed by atoms with van der Waals surface area (Å²) < 4.78 is 5.86. The SMILES string of the molecule is CC(=O)c1ccc(C#N)c(NCC2CN(Cc3ccccc3)CCO2)c1. The van der Waals surface area contributed by atoms with Gasteiger partial charge >= 0.3 is 0 Å². The Labute approximate surface area is 154 Å². The lowest BCUT2D eigenvalue weighted by Crippen LogP contribution is -2.44. The molecule has 0 radical (unpaired) electrons. The second-order valence-corrected chi connectivity index (χ2v) is 6.52. The Hall–Kier alpha value is -2.68. The third kappa shape index (κ3) is 4.69. The van der Waals surface area contributed by atoms with Crippen molar-refractivity contribution < 1.29 is 9.53 Å². The number of hydrogen-bond acceptors (Lipinski definition) is 5. The molecule has 5 nitrogen and oxygen atoms in total. The molecular weight excluding hydrogens is 326 g/mol. The lowest BCUT2D eigenvalue weighted by molar-refractivity contribution is -0.0240. The standard InChI is InChI=1S/C21H23N3O2/c1-16(25)18-7-8-19(12-22)21(11-18)23-13-20-15-24(9-10-26-20)14-17-5-3-2-4-6-17/h2-8,11,20,23H,9-10,13-15H2,1H3. The van der Waals surface area contributed by atoms with Crippen molar-refractivity contribution in [3.63, 3.8) is 0 Å². The van der Waals surface area contributed by atoms with E-state index in [0.717, 1.165) is 19.6 Å². The maximum atomic E-state index is 11.6. The number of ketones is 1. The van der Waals surface area contributed by atoms with Gasteiger partial charge in [-0.2, -0.15) is 5.26 Å². The van der Waals surface area contributed by atoms with Crippen molar-refractivity contribution in [3.05, 3.63) is 65.2 Å². The third-order valence-corrected chi connectivity index (χ3v) is 4.54. The van der Waals surface area contributed by atoms with Crippen LogP contribution in [0.4, 0.5) is 5.69 Å². The lowest BCUT2D eigenvalue weighted by Gasteiger charge is -2.33. The van der Waals surface area contributed by atoms with Gasteiger partial charge in [0, 0.05) is 31.7 Å². The smallest absolute Gasteiger partial charge is 0.159 e. The molecule has 0 aromatic heterocycles. The van der Waals surface area contributed by atoms with E-state index in [9.17, 15) is 10.1 Å². The molecule has 1 saturated heterocycles. The summed E-state index contributed by atoms with van der Waals surface area (Å²) in [4.78, 5) is 14.0. The Morgan fingerprint density at radius 2 is 2.12 bits per heavy atom. The first-order chi connectivity index (χ1) is 12.7. The zero-order chi connectivity index (χ0) is 18.4. The number of carbonyl (C=O) groups is 1. The van der Waals surface area contributed by atoms with Gasteiger partial charge in [0.25, 0.3) is 0 Å². The van der Waals surface area contributed by atoms with Crippen molar-refractivity contribution in [2.24, 2.45) is 0 Å². The molecule has 134 valence electrons. The Bertz CT molecular complexity index is 799. The van der Waals surface area contributed by atoms with Gasteiger partial charge in [-0.25, -0.2) is 0 Å². The summed E-state index contributed by atoms with van der Waals surface area (Å²) in [6, 6.07) is 17.7. The minimum atomic E-state index is -0.0134. The normalized spacial score (nSPS) is 17.5. The van der Waals surface area contributed by atoms with Gasteiger partial charge in [0.2, 0.25) is 0 Å². The molecule has 1 atom stereocenters. The third-order valence-electron chi connectivity index (χ3n) is 4.54. The highest BCUT2D eigenvalue weighted by atomic mass is 16.5. The van der Waals surface area contributed by atoms with Crippen LogP contribution in [0.2, 0.25) is 0 Å². The van der Waals surface area contributed by atoms with Crippen LogP contribution in [0.3, 0.4) is 0 Å². The molecule has 1 aliphatic rings. The van der Waals surface area contributed by atoms with Crippen LogP contribution in [0.25, 0.3) is 0 Å². The summed E-state index contributed by atoms with van der Waals surface area (Å²) in [5, 5.41) is 12.6. The number of nitrogens with one attached hydrogen (secondary N) is 1. The van der Waals surface area contributed by atoms with Crippen LogP contribution < -0.4 is 5.32 Å². The van der Waals surface area contributed by atoms with E-state index < -0.39 is 0 Å². The van der Waals surface area contributed by atoms with Gasteiger partial charge in [0.05, 0.1) is 24.0 Å². The van der Waals surface area contributed by atoms with Gasteiger partial charge in [-0.3, -0.25) is 9.69 Å². The van der Waals surface area contributed by atoms with Gasteiger partial charge < -0.3 is 10.1 Å². The summed E-state index contributed by atoms with van der Waals surface area (Å²) in [5.74, 6) is -0.0134. The van der Waals surface area contributed by atoms with E-state index in [1.165, 1.54) is 12.5 Å². The quantitative estimate of drug-likeness (QED) is 0.812. The lowest BCUT2D eigenvalue weighted by atomic mass is 10.1. The molecule has 2 aromatic carbocycles. The van der Waals surface area contributed by atoms with Crippen molar-refractivity contribution in [2.75, 3.05) is 31.6 Å². The number of nitrogens with zero attached hydrogens (tertiary/aromatic N) is 2. The molecule has 0 aliphatic carbocycles. The maximum absolute atomic E-state index is 11.6. The van der Waals surface area contributed by atoms with Crippen LogP contribution in [0, 0.1) is 11.3 Å². The zero-order valence-electron chi connectivity index (χ0n) is 14.9. The molecule has 1 aliphatic heterocycles. The first-order valence-corrected chi connectivity index (χ1v) is 8.82. The molecule has 1 heterocycles. The van der Waals surface area contributed by atoms with Crippen LogP contribution in [0.5, 0.6) is 0 Å². The number of nitriles is 1. The van der Waals surface area contributed by atoms with Crippen LogP contribution in [-0.4, -0.2) is 43.0 Å². The van der Waals surface area contributed by atoms with E-state index in [1.54, 1.807) is 18.2 Å². The summed E-state index contributed by atoms with van der Waals surface area (Å²) >= 11 is 0. The van der Waals surface area contributed by atoms with Gasteiger partial charge in [-0.1, -0.05) is 30.3 Å². The Kier molecular flexibility index (Phi) is 6.00. The number of anilines is 1. The van der Waals surface area contributed by atoms with E-state index in [1.807, 2.05) is 6.07 Å². The number of hydrogen-bond donors (Lipinski definition) is 1. The number of benzene rings is 2. The minimum Gasteiger partial charge on any atom is -0.381 e. The summed E-state index contributed by atoms with van der Waals surface area (Å²) in [7, 11) is 0. The average Bonchev–Trinajstić information content (AvgIpc) is 2.67. The molecule has 0 bridgehead atoms. The second kappa shape index (κ2) is 8.61. The first kappa shape index (κ1) is 18.1. The van der Waals surface area contributed by atoms with Crippen LogP contribution >= 0.6 is 0 Å². The molecule has 1 N–H and O–H groups in total. The van der Waals surface area contributed by atoms with Crippen LogP contribution in [-0.2, 0) is 11.3 Å². The van der Waals surface area contributed by atoms with E-state index in [-0.39, 0.29) is 11.9 Å². The van der Waals surface area contributed by atoms with Crippen molar-refractivity contribution >= 4 is 11.5 Å². The predicted molar refractivity (Wildman–Crippen MR) is 101 cm³/mol. The Morgan fingerprint density at radius 1 is 1.31 bits per heavy atom. The van der Waals surface area contributed by atoms with E-state index in [2.05, 4.69) is 40.6 Å². The summed E-state index contributed by atoms with van der Waals surface area (Å²) in [6.07, 6.45) is 0.0417. The molecule has 5 heteroatoms. The fourth-order valence-electron chi connectivity index (χ4n) is 3.12. The summed E-state index contributed by atoms with van der Waals surface area (Å²) in [6.45, 7) is 5.46. The highest BCUT2D eigenvalue weighted by Gasteiger charge is 2.20. The molecule has 2 aromatic rings. The highest BCUT2D eigenvalue weighted by molar-refractivity contribution is 5.95. The van der Waals surface area contributed by atoms with Crippen LogP contribution in [0.1, 0.15) is 28.4 Å². The van der Waals surface area contributed by atoms with E-state index >= 15 is 0 Å². The monoisotopic (exact) mass is 349 g/mol.